The van der Waals surface area contributed by atoms with Gasteiger partial charge in [0.05, 0.1) is 24.8 Å². The minimum absolute atomic E-state index is 0.249. The fourth-order valence-electron chi connectivity index (χ4n) is 3.59. The molecule has 2 amide bonds. The molecule has 0 radical (unpaired) electrons. The number of esters is 1. The van der Waals surface area contributed by atoms with E-state index in [0.29, 0.717) is 48.0 Å². The normalized spacial score (nSPS) is 15.6. The summed E-state index contributed by atoms with van der Waals surface area (Å²) in [6.45, 7) is 6.74. The van der Waals surface area contributed by atoms with E-state index in [2.05, 4.69) is 10.6 Å². The summed E-state index contributed by atoms with van der Waals surface area (Å²) in [4.78, 5) is 25.1. The van der Waals surface area contributed by atoms with Crippen LogP contribution in [0.15, 0.2) is 59.8 Å². The van der Waals surface area contributed by atoms with Crippen molar-refractivity contribution in [2.45, 2.75) is 46.3 Å². The van der Waals surface area contributed by atoms with E-state index < -0.39 is 12.0 Å². The van der Waals surface area contributed by atoms with E-state index in [9.17, 15) is 9.59 Å². The molecule has 0 saturated heterocycles. The van der Waals surface area contributed by atoms with Crippen LogP contribution in [0.5, 0.6) is 11.5 Å². The molecule has 2 N–H and O–H groups in total. The van der Waals surface area contributed by atoms with Crippen LogP contribution in [0.4, 0.5) is 4.79 Å². The number of carbonyl (C=O) groups is 2. The maximum Gasteiger partial charge on any atom is 0.338 e. The summed E-state index contributed by atoms with van der Waals surface area (Å²) in [5.74, 6) is 0.694. The minimum atomic E-state index is -0.647. The van der Waals surface area contributed by atoms with Gasteiger partial charge in [-0.2, -0.15) is 0 Å². The highest BCUT2D eigenvalue weighted by Gasteiger charge is 2.33. The fourth-order valence-corrected chi connectivity index (χ4v) is 3.59. The van der Waals surface area contributed by atoms with Gasteiger partial charge in [0.15, 0.2) is 11.5 Å². The Bertz CT molecular complexity index is 972. The number of hydrogen-bond acceptors (Lipinski definition) is 5. The van der Waals surface area contributed by atoms with E-state index >= 15 is 0 Å². The second-order valence-corrected chi connectivity index (χ2v) is 7.31. The second kappa shape index (κ2) is 11.2. The topological polar surface area (TPSA) is 85.9 Å². The van der Waals surface area contributed by atoms with E-state index in [-0.39, 0.29) is 12.6 Å². The van der Waals surface area contributed by atoms with Gasteiger partial charge in [-0.05, 0) is 43.5 Å². The van der Waals surface area contributed by atoms with Gasteiger partial charge in [0.25, 0.3) is 0 Å². The maximum absolute atomic E-state index is 12.8. The van der Waals surface area contributed by atoms with E-state index in [0.717, 1.165) is 12.0 Å². The van der Waals surface area contributed by atoms with Crippen molar-refractivity contribution in [2.24, 2.45) is 0 Å². The lowest BCUT2D eigenvalue weighted by atomic mass is 9.93. The van der Waals surface area contributed by atoms with Crippen molar-refractivity contribution in [1.29, 1.82) is 0 Å². The highest BCUT2D eigenvalue weighted by Crippen LogP contribution is 2.35. The number of amides is 2. The third-order valence-electron chi connectivity index (χ3n) is 4.99. The molecule has 0 aromatic heterocycles. The Balaban J connectivity index is 1.94. The Morgan fingerprint density at radius 1 is 0.969 bits per heavy atom. The molecule has 7 heteroatoms. The van der Waals surface area contributed by atoms with Crippen molar-refractivity contribution in [3.63, 3.8) is 0 Å². The van der Waals surface area contributed by atoms with Crippen molar-refractivity contribution < 1.29 is 23.8 Å². The lowest BCUT2D eigenvalue weighted by Gasteiger charge is -2.29. The Kier molecular flexibility index (Phi) is 8.14. The van der Waals surface area contributed by atoms with Gasteiger partial charge in [0.2, 0.25) is 0 Å². The number of benzene rings is 2. The van der Waals surface area contributed by atoms with Crippen LogP contribution >= 0.6 is 0 Å². The van der Waals surface area contributed by atoms with Crippen molar-refractivity contribution in [1.82, 2.24) is 10.6 Å². The predicted octanol–water partition coefficient (Wildman–Crippen LogP) is 4.64. The molecule has 1 heterocycles. The monoisotopic (exact) mass is 438 g/mol. The third kappa shape index (κ3) is 5.60. The first kappa shape index (κ1) is 23.2. The zero-order chi connectivity index (χ0) is 22.9. The average molecular weight is 439 g/mol. The van der Waals surface area contributed by atoms with Crippen molar-refractivity contribution in [3.05, 3.63) is 70.9 Å². The SMILES string of the molecule is CCCC1=C(C(=O)OCC)C(c2ccc(OCc3ccccc3)c(OCC)c2)NC(=O)N1. The van der Waals surface area contributed by atoms with Crippen LogP contribution in [-0.2, 0) is 16.1 Å². The van der Waals surface area contributed by atoms with Crippen molar-refractivity contribution >= 4 is 12.0 Å². The fraction of sp³-hybridized carbons (Fsp3) is 0.360. The van der Waals surface area contributed by atoms with Crippen LogP contribution in [0.25, 0.3) is 0 Å². The molecule has 1 unspecified atom stereocenters. The van der Waals surface area contributed by atoms with E-state index in [1.807, 2.05) is 56.3 Å². The molecule has 2 aromatic rings. The molecular weight excluding hydrogens is 408 g/mol. The van der Waals surface area contributed by atoms with Crippen LogP contribution < -0.4 is 20.1 Å². The summed E-state index contributed by atoms with van der Waals surface area (Å²) in [5, 5.41) is 5.62. The quantitative estimate of drug-likeness (QED) is 0.528. The smallest absolute Gasteiger partial charge is 0.338 e. The molecule has 7 nitrogen and oxygen atoms in total. The maximum atomic E-state index is 12.8. The summed E-state index contributed by atoms with van der Waals surface area (Å²) in [6, 6.07) is 14.3. The summed E-state index contributed by atoms with van der Waals surface area (Å²) in [5.41, 5.74) is 2.75. The second-order valence-electron chi connectivity index (χ2n) is 7.31. The molecule has 0 bridgehead atoms. The third-order valence-corrected chi connectivity index (χ3v) is 4.99. The number of rotatable bonds is 10. The molecule has 0 spiro atoms. The van der Waals surface area contributed by atoms with Crippen LogP contribution in [-0.4, -0.2) is 25.2 Å². The Labute approximate surface area is 188 Å². The van der Waals surface area contributed by atoms with Gasteiger partial charge in [0, 0.05) is 5.70 Å². The zero-order valence-corrected chi connectivity index (χ0v) is 18.8. The predicted molar refractivity (Wildman–Crippen MR) is 121 cm³/mol. The number of ether oxygens (including phenoxy) is 3. The van der Waals surface area contributed by atoms with Crippen LogP contribution in [0.3, 0.4) is 0 Å². The molecular formula is C25H30N2O5. The van der Waals surface area contributed by atoms with Gasteiger partial charge in [0.1, 0.15) is 6.61 Å². The van der Waals surface area contributed by atoms with Gasteiger partial charge in [-0.1, -0.05) is 49.7 Å². The number of hydrogen-bond donors (Lipinski definition) is 2. The van der Waals surface area contributed by atoms with Crippen molar-refractivity contribution in [2.75, 3.05) is 13.2 Å². The Morgan fingerprint density at radius 2 is 1.75 bits per heavy atom. The summed E-state index contributed by atoms with van der Waals surface area (Å²) in [7, 11) is 0. The van der Waals surface area contributed by atoms with Gasteiger partial charge >= 0.3 is 12.0 Å². The standard InChI is InChI=1S/C25H30N2O5/c1-4-10-19-22(24(28)31-6-3)23(27-25(29)26-19)18-13-14-20(21(15-18)30-5-2)32-16-17-11-8-7-9-12-17/h7-9,11-15,23H,4-6,10,16H2,1-3H3,(H2,26,27,29). The van der Waals surface area contributed by atoms with Gasteiger partial charge in [-0.15, -0.1) is 0 Å². The largest absolute Gasteiger partial charge is 0.490 e. The lowest BCUT2D eigenvalue weighted by molar-refractivity contribution is -0.139. The number of allylic oxidation sites excluding steroid dienone is 1. The molecule has 0 saturated carbocycles. The van der Waals surface area contributed by atoms with E-state index in [1.54, 1.807) is 13.0 Å². The molecule has 0 fully saturated rings. The number of carbonyl (C=O) groups excluding carboxylic acids is 2. The summed E-state index contributed by atoms with van der Waals surface area (Å²) < 4.78 is 17.1. The Hall–Kier alpha value is -3.48. The van der Waals surface area contributed by atoms with Crippen LogP contribution in [0.1, 0.15) is 50.8 Å². The summed E-state index contributed by atoms with van der Waals surface area (Å²) in [6.07, 6.45) is 1.34. The zero-order valence-electron chi connectivity index (χ0n) is 18.8. The van der Waals surface area contributed by atoms with Gasteiger partial charge in [-0.25, -0.2) is 9.59 Å². The Morgan fingerprint density at radius 3 is 2.44 bits per heavy atom. The molecule has 0 aliphatic carbocycles. The number of nitrogens with one attached hydrogen (secondary N) is 2. The molecule has 32 heavy (non-hydrogen) atoms. The van der Waals surface area contributed by atoms with Gasteiger partial charge in [-0.3, -0.25) is 0 Å². The average Bonchev–Trinajstić information content (AvgIpc) is 2.79. The molecule has 3 rings (SSSR count). The number of urea groups is 1. The minimum Gasteiger partial charge on any atom is -0.490 e. The van der Waals surface area contributed by atoms with Crippen LogP contribution in [0, 0.1) is 0 Å². The first-order chi connectivity index (χ1) is 15.6. The van der Waals surface area contributed by atoms with E-state index in [4.69, 9.17) is 14.2 Å². The highest BCUT2D eigenvalue weighted by molar-refractivity contribution is 5.95. The molecule has 1 aliphatic rings. The van der Waals surface area contributed by atoms with Crippen LogP contribution in [0.2, 0.25) is 0 Å². The molecule has 1 atom stereocenters. The van der Waals surface area contributed by atoms with Crippen molar-refractivity contribution in [3.8, 4) is 11.5 Å². The first-order valence-electron chi connectivity index (χ1n) is 11.0. The van der Waals surface area contributed by atoms with Gasteiger partial charge < -0.3 is 24.8 Å². The lowest BCUT2D eigenvalue weighted by Crippen LogP contribution is -2.46. The first-order valence-corrected chi connectivity index (χ1v) is 11.0. The highest BCUT2D eigenvalue weighted by atomic mass is 16.5. The summed E-state index contributed by atoms with van der Waals surface area (Å²) >= 11 is 0. The molecule has 170 valence electrons. The molecule has 2 aromatic carbocycles. The molecule has 1 aliphatic heterocycles. The van der Waals surface area contributed by atoms with E-state index in [1.165, 1.54) is 0 Å².